The van der Waals surface area contributed by atoms with E-state index in [4.69, 9.17) is 4.42 Å². The highest BCUT2D eigenvalue weighted by Crippen LogP contribution is 2.20. The second kappa shape index (κ2) is 6.50. The maximum absolute atomic E-state index is 12.2. The molecule has 0 spiro atoms. The molecule has 0 aliphatic heterocycles. The van der Waals surface area contributed by atoms with Gasteiger partial charge < -0.3 is 14.5 Å². The molecule has 0 fully saturated rings. The number of nitrogens with one attached hydrogen (secondary N) is 1. The number of hydrogen-bond acceptors (Lipinski definition) is 4. The van der Waals surface area contributed by atoms with Gasteiger partial charge >= 0.3 is 6.18 Å². The molecule has 2 aromatic heterocycles. The van der Waals surface area contributed by atoms with Crippen LogP contribution in [0.2, 0.25) is 0 Å². The van der Waals surface area contributed by atoms with Gasteiger partial charge in [0.15, 0.2) is 6.61 Å². The Morgan fingerprint density at radius 3 is 2.82 bits per heavy atom. The summed E-state index contributed by atoms with van der Waals surface area (Å²) in [5, 5.41) is 2.58. The Kier molecular flexibility index (Phi) is 4.69. The van der Waals surface area contributed by atoms with Gasteiger partial charge in [0.25, 0.3) is 5.91 Å². The molecule has 0 saturated carbocycles. The first kappa shape index (κ1) is 15.9. The van der Waals surface area contributed by atoms with Gasteiger partial charge in [0.2, 0.25) is 5.88 Å². The van der Waals surface area contributed by atoms with Crippen molar-refractivity contribution in [3.63, 3.8) is 0 Å². The third-order valence-corrected chi connectivity index (χ3v) is 2.77. The van der Waals surface area contributed by atoms with E-state index in [1.54, 1.807) is 13.0 Å². The molecule has 5 nitrogen and oxygen atoms in total. The van der Waals surface area contributed by atoms with Crippen molar-refractivity contribution in [2.45, 2.75) is 19.6 Å². The largest absolute Gasteiger partial charge is 0.469 e. The topological polar surface area (TPSA) is 64.4 Å². The Morgan fingerprint density at radius 1 is 1.41 bits per heavy atom. The van der Waals surface area contributed by atoms with Gasteiger partial charge in [-0.2, -0.15) is 13.2 Å². The molecular formula is C14H13F3N2O3. The van der Waals surface area contributed by atoms with Crippen LogP contribution in [0.15, 0.2) is 35.1 Å². The monoisotopic (exact) mass is 314 g/mol. The minimum absolute atomic E-state index is 0.00944. The molecule has 118 valence electrons. The van der Waals surface area contributed by atoms with Gasteiger partial charge in [-0.15, -0.1) is 0 Å². The molecule has 8 heteroatoms. The molecule has 0 atom stereocenters. The molecule has 0 unspecified atom stereocenters. The van der Waals surface area contributed by atoms with Crippen molar-refractivity contribution in [2.24, 2.45) is 0 Å². The van der Waals surface area contributed by atoms with Gasteiger partial charge in [-0.3, -0.25) is 4.79 Å². The van der Waals surface area contributed by atoms with E-state index in [1.807, 2.05) is 0 Å². The Labute approximate surface area is 124 Å². The Morgan fingerprint density at radius 2 is 2.18 bits per heavy atom. The molecule has 0 aliphatic rings. The molecule has 22 heavy (non-hydrogen) atoms. The summed E-state index contributed by atoms with van der Waals surface area (Å²) in [6.45, 7) is 0.188. The number of pyridine rings is 1. The number of hydrogen-bond donors (Lipinski definition) is 1. The maximum atomic E-state index is 12.2. The molecular weight excluding hydrogens is 301 g/mol. The van der Waals surface area contributed by atoms with E-state index in [-0.39, 0.29) is 12.4 Å². The van der Waals surface area contributed by atoms with Gasteiger partial charge in [0.05, 0.1) is 11.8 Å². The number of furan rings is 1. The van der Waals surface area contributed by atoms with Gasteiger partial charge in [-0.1, -0.05) is 6.07 Å². The lowest BCUT2D eigenvalue weighted by Crippen LogP contribution is -2.24. The second-order valence-electron chi connectivity index (χ2n) is 4.44. The normalized spacial score (nSPS) is 11.3. The summed E-state index contributed by atoms with van der Waals surface area (Å²) in [6.07, 6.45) is -1.75. The first-order valence-corrected chi connectivity index (χ1v) is 6.32. The third-order valence-electron chi connectivity index (χ3n) is 2.77. The quantitative estimate of drug-likeness (QED) is 0.921. The van der Waals surface area contributed by atoms with E-state index in [2.05, 4.69) is 15.0 Å². The summed E-state index contributed by atoms with van der Waals surface area (Å²) in [5.41, 5.74) is 0.711. The highest BCUT2D eigenvalue weighted by Gasteiger charge is 2.29. The number of halogens is 3. The van der Waals surface area contributed by atoms with E-state index in [0.29, 0.717) is 16.9 Å². The average Bonchev–Trinajstić information content (AvgIpc) is 2.89. The van der Waals surface area contributed by atoms with E-state index in [1.165, 1.54) is 24.6 Å². The zero-order valence-corrected chi connectivity index (χ0v) is 11.6. The van der Waals surface area contributed by atoms with E-state index in [9.17, 15) is 18.0 Å². The highest BCUT2D eigenvalue weighted by atomic mass is 19.4. The Balaban J connectivity index is 2.01. The molecule has 0 bridgehead atoms. The first-order valence-electron chi connectivity index (χ1n) is 6.32. The number of ether oxygens (including phenoxy) is 1. The van der Waals surface area contributed by atoms with Crippen molar-refractivity contribution in [3.8, 4) is 5.88 Å². The fourth-order valence-electron chi connectivity index (χ4n) is 1.73. The predicted molar refractivity (Wildman–Crippen MR) is 70.4 cm³/mol. The number of alkyl halides is 3. The van der Waals surface area contributed by atoms with Crippen molar-refractivity contribution in [1.82, 2.24) is 10.3 Å². The summed E-state index contributed by atoms with van der Waals surface area (Å²) in [7, 11) is 0. The average molecular weight is 314 g/mol. The standard InChI is InChI=1S/C14H13F3N2O3/c1-9-11(4-6-21-9)12(20)19-7-10-3-2-5-18-13(10)22-8-14(15,16)17/h2-6H,7-8H2,1H3,(H,19,20). The molecule has 0 aliphatic carbocycles. The van der Waals surface area contributed by atoms with E-state index in [0.717, 1.165) is 0 Å². The minimum atomic E-state index is -4.45. The molecule has 1 N–H and O–H groups in total. The van der Waals surface area contributed by atoms with Crippen LogP contribution in [0.3, 0.4) is 0 Å². The number of aryl methyl sites for hydroxylation is 1. The van der Waals surface area contributed by atoms with Gasteiger partial charge in [0.1, 0.15) is 5.76 Å². The summed E-state index contributed by atoms with van der Waals surface area (Å²) >= 11 is 0. The highest BCUT2D eigenvalue weighted by molar-refractivity contribution is 5.94. The van der Waals surface area contributed by atoms with Crippen LogP contribution in [0, 0.1) is 6.92 Å². The minimum Gasteiger partial charge on any atom is -0.469 e. The Hall–Kier alpha value is -2.51. The fourth-order valence-corrected chi connectivity index (χ4v) is 1.73. The Bertz CT molecular complexity index is 653. The number of amides is 1. The summed E-state index contributed by atoms with van der Waals surface area (Å²) in [6, 6.07) is 4.58. The molecule has 2 rings (SSSR count). The van der Waals surface area contributed by atoms with Crippen LogP contribution in [-0.2, 0) is 6.54 Å². The summed E-state index contributed by atoms with van der Waals surface area (Å²) < 4.78 is 46.2. The molecule has 1 amide bonds. The van der Waals surface area contributed by atoms with Crippen molar-refractivity contribution < 1.29 is 27.1 Å². The van der Waals surface area contributed by atoms with Crippen LogP contribution < -0.4 is 10.1 Å². The lowest BCUT2D eigenvalue weighted by molar-refractivity contribution is -0.154. The second-order valence-corrected chi connectivity index (χ2v) is 4.44. The SMILES string of the molecule is Cc1occc1C(=O)NCc1cccnc1OCC(F)(F)F. The first-order chi connectivity index (χ1) is 10.4. The molecule has 0 saturated heterocycles. The zero-order chi connectivity index (χ0) is 16.2. The molecule has 2 heterocycles. The van der Waals surface area contributed by atoms with Crippen molar-refractivity contribution in [3.05, 3.63) is 47.5 Å². The van der Waals surface area contributed by atoms with E-state index >= 15 is 0 Å². The fraction of sp³-hybridized carbons (Fsp3) is 0.286. The van der Waals surface area contributed by atoms with Crippen LogP contribution in [0.25, 0.3) is 0 Å². The van der Waals surface area contributed by atoms with Gasteiger partial charge in [-0.05, 0) is 19.1 Å². The van der Waals surface area contributed by atoms with Crippen LogP contribution in [0.5, 0.6) is 5.88 Å². The third kappa shape index (κ3) is 4.24. The summed E-state index contributed by atoms with van der Waals surface area (Å²) in [5.74, 6) is -0.0989. The van der Waals surface area contributed by atoms with Gasteiger partial charge in [0, 0.05) is 18.3 Å². The number of carbonyl (C=O) groups is 1. The zero-order valence-electron chi connectivity index (χ0n) is 11.6. The van der Waals surface area contributed by atoms with Crippen LogP contribution >= 0.6 is 0 Å². The number of carbonyl (C=O) groups excluding carboxylic acids is 1. The number of nitrogens with zero attached hydrogens (tertiary/aromatic N) is 1. The molecule has 0 aromatic carbocycles. The van der Waals surface area contributed by atoms with Crippen molar-refractivity contribution >= 4 is 5.91 Å². The predicted octanol–water partition coefficient (Wildman–Crippen LogP) is 2.85. The lowest BCUT2D eigenvalue weighted by Gasteiger charge is -2.12. The van der Waals surface area contributed by atoms with Gasteiger partial charge in [-0.25, -0.2) is 4.98 Å². The van der Waals surface area contributed by atoms with Crippen molar-refractivity contribution in [1.29, 1.82) is 0 Å². The lowest BCUT2D eigenvalue weighted by atomic mass is 10.2. The maximum Gasteiger partial charge on any atom is 0.422 e. The van der Waals surface area contributed by atoms with Crippen LogP contribution in [0.4, 0.5) is 13.2 Å². The van der Waals surface area contributed by atoms with Crippen molar-refractivity contribution in [2.75, 3.05) is 6.61 Å². The molecule has 2 aromatic rings. The van der Waals surface area contributed by atoms with Crippen LogP contribution in [0.1, 0.15) is 21.7 Å². The van der Waals surface area contributed by atoms with E-state index < -0.39 is 18.7 Å². The number of rotatable bonds is 5. The van der Waals surface area contributed by atoms with Crippen LogP contribution in [-0.4, -0.2) is 23.7 Å². The number of aromatic nitrogens is 1. The molecule has 0 radical (unpaired) electrons. The smallest absolute Gasteiger partial charge is 0.422 e. The summed E-state index contributed by atoms with van der Waals surface area (Å²) in [4.78, 5) is 15.7.